The van der Waals surface area contributed by atoms with E-state index in [0.717, 1.165) is 44.8 Å². The number of fused-ring (bicyclic) bond motifs is 2. The molecule has 0 spiro atoms. The summed E-state index contributed by atoms with van der Waals surface area (Å²) in [4.78, 5) is 11.5. The van der Waals surface area contributed by atoms with Crippen LogP contribution in [0, 0.1) is 5.92 Å². The number of rotatable bonds is 3. The minimum Gasteiger partial charge on any atom is -0.378 e. The van der Waals surface area contributed by atoms with Gasteiger partial charge in [-0.05, 0) is 61.4 Å². The lowest BCUT2D eigenvalue weighted by Gasteiger charge is -2.14. The average Bonchev–Trinajstić information content (AvgIpc) is 3.08. The van der Waals surface area contributed by atoms with E-state index >= 15 is 0 Å². The largest absolute Gasteiger partial charge is 0.378 e. The molecule has 0 bridgehead atoms. The van der Waals surface area contributed by atoms with Crippen LogP contribution in [0.2, 0.25) is 0 Å². The van der Waals surface area contributed by atoms with E-state index < -0.39 is 0 Å². The molecule has 0 amide bonds. The fraction of sp³-hybridized carbons (Fsp3) is 0.346. The van der Waals surface area contributed by atoms with Gasteiger partial charge in [-0.25, -0.2) is 9.50 Å². The van der Waals surface area contributed by atoms with Crippen LogP contribution in [0.1, 0.15) is 44.6 Å². The highest BCUT2D eigenvalue weighted by Gasteiger charge is 2.14. The Balaban J connectivity index is 1.55. The van der Waals surface area contributed by atoms with Gasteiger partial charge < -0.3 is 4.90 Å². The maximum absolute atomic E-state index is 4.81. The van der Waals surface area contributed by atoms with Crippen molar-refractivity contribution in [2.24, 2.45) is 5.92 Å². The lowest BCUT2D eigenvalue weighted by Crippen LogP contribution is -2.08. The van der Waals surface area contributed by atoms with E-state index in [1.807, 2.05) is 23.1 Å². The Morgan fingerprint density at radius 1 is 1.03 bits per heavy atom. The van der Waals surface area contributed by atoms with E-state index in [2.05, 4.69) is 72.5 Å². The molecular weight excluding hydrogens is 382 g/mol. The fourth-order valence-corrected chi connectivity index (χ4v) is 4.56. The lowest BCUT2D eigenvalue weighted by molar-refractivity contribution is 0.507. The molecule has 0 radical (unpaired) electrons. The van der Waals surface area contributed by atoms with E-state index in [4.69, 9.17) is 4.98 Å². The maximum atomic E-state index is 4.81. The van der Waals surface area contributed by atoms with E-state index in [1.165, 1.54) is 37.7 Å². The molecule has 0 saturated heterocycles. The van der Waals surface area contributed by atoms with Crippen molar-refractivity contribution in [2.75, 3.05) is 19.0 Å². The van der Waals surface area contributed by atoms with Gasteiger partial charge in [-0.15, -0.1) is 0 Å². The van der Waals surface area contributed by atoms with Gasteiger partial charge in [0.15, 0.2) is 5.65 Å². The molecular formula is C26H29N5. The summed E-state index contributed by atoms with van der Waals surface area (Å²) >= 11 is 0. The molecule has 3 heterocycles. The predicted octanol–water partition coefficient (Wildman–Crippen LogP) is 5.99. The van der Waals surface area contributed by atoms with Crippen molar-refractivity contribution in [2.45, 2.75) is 39.0 Å². The van der Waals surface area contributed by atoms with E-state index in [0.29, 0.717) is 0 Å². The molecule has 1 unspecified atom stereocenters. The molecule has 158 valence electrons. The van der Waals surface area contributed by atoms with Crippen LogP contribution in [0.4, 0.5) is 5.69 Å². The van der Waals surface area contributed by atoms with Gasteiger partial charge in [-0.2, -0.15) is 5.10 Å². The molecule has 3 aromatic heterocycles. The van der Waals surface area contributed by atoms with Gasteiger partial charge in [0.05, 0.1) is 11.7 Å². The Morgan fingerprint density at radius 2 is 1.94 bits per heavy atom. The number of hydrogen-bond acceptors (Lipinski definition) is 4. The normalized spacial score (nSPS) is 18.5. The highest BCUT2D eigenvalue weighted by atomic mass is 15.2. The fourth-order valence-electron chi connectivity index (χ4n) is 4.56. The number of aromatic nitrogens is 4. The third kappa shape index (κ3) is 3.92. The summed E-state index contributed by atoms with van der Waals surface area (Å²) in [6.07, 6.45) is 16.5. The number of allylic oxidation sites excluding steroid dienone is 1. The Morgan fingerprint density at radius 3 is 2.81 bits per heavy atom. The van der Waals surface area contributed by atoms with Crippen LogP contribution in [-0.4, -0.2) is 33.7 Å². The third-order valence-electron chi connectivity index (χ3n) is 6.43. The summed E-state index contributed by atoms with van der Waals surface area (Å²) in [6.45, 7) is 2.37. The van der Waals surface area contributed by atoms with Crippen LogP contribution in [0.3, 0.4) is 0 Å². The van der Waals surface area contributed by atoms with Crippen LogP contribution in [-0.2, 0) is 0 Å². The maximum Gasteiger partial charge on any atom is 0.162 e. The topological polar surface area (TPSA) is 46.3 Å². The second-order valence-corrected chi connectivity index (χ2v) is 9.01. The quantitative estimate of drug-likeness (QED) is 0.388. The van der Waals surface area contributed by atoms with Gasteiger partial charge in [-0.1, -0.05) is 25.0 Å². The molecule has 5 nitrogen and oxygen atoms in total. The van der Waals surface area contributed by atoms with Crippen molar-refractivity contribution in [3.8, 4) is 11.1 Å². The van der Waals surface area contributed by atoms with Crippen molar-refractivity contribution >= 4 is 28.3 Å². The summed E-state index contributed by atoms with van der Waals surface area (Å²) in [5.41, 5.74) is 7.81. The van der Waals surface area contributed by atoms with Gasteiger partial charge in [0.25, 0.3) is 0 Å². The smallest absolute Gasteiger partial charge is 0.162 e. The molecule has 5 rings (SSSR count). The van der Waals surface area contributed by atoms with Crippen LogP contribution in [0.5, 0.6) is 0 Å². The van der Waals surface area contributed by atoms with Gasteiger partial charge in [0, 0.05) is 54.9 Å². The number of anilines is 1. The highest BCUT2D eigenvalue weighted by molar-refractivity contribution is 5.99. The number of hydrogen-bond donors (Lipinski definition) is 0. The van der Waals surface area contributed by atoms with Crippen LogP contribution >= 0.6 is 0 Å². The number of pyridine rings is 1. The SMILES string of the molecule is CC1CCCC(=Cc2cnc3c(-c4ccnc5ccc(N(C)C)cc45)cnn3c2)CC1. The first kappa shape index (κ1) is 19.7. The van der Waals surface area contributed by atoms with Crippen LogP contribution in [0.25, 0.3) is 33.8 Å². The van der Waals surface area contributed by atoms with E-state index in [9.17, 15) is 0 Å². The molecule has 4 aromatic rings. The van der Waals surface area contributed by atoms with Crippen molar-refractivity contribution in [1.29, 1.82) is 0 Å². The average molecular weight is 412 g/mol. The second kappa shape index (κ2) is 8.14. The molecule has 1 aliphatic carbocycles. The third-order valence-corrected chi connectivity index (χ3v) is 6.43. The molecule has 1 aliphatic rings. The zero-order chi connectivity index (χ0) is 21.4. The molecule has 0 N–H and O–H groups in total. The molecule has 1 aromatic carbocycles. The van der Waals surface area contributed by atoms with Gasteiger partial charge >= 0.3 is 0 Å². The van der Waals surface area contributed by atoms with Crippen LogP contribution in [0.15, 0.2) is 54.6 Å². The van der Waals surface area contributed by atoms with Crippen molar-refractivity contribution in [3.05, 3.63) is 60.2 Å². The van der Waals surface area contributed by atoms with Gasteiger partial charge in [0.2, 0.25) is 0 Å². The summed E-state index contributed by atoms with van der Waals surface area (Å²) in [5, 5.41) is 5.75. The summed E-state index contributed by atoms with van der Waals surface area (Å²) in [6, 6.07) is 8.42. The number of nitrogens with zero attached hydrogens (tertiary/aromatic N) is 5. The summed E-state index contributed by atoms with van der Waals surface area (Å²) in [7, 11) is 4.11. The minimum absolute atomic E-state index is 0.836. The van der Waals surface area contributed by atoms with E-state index in [1.54, 1.807) is 0 Å². The first-order valence-electron chi connectivity index (χ1n) is 11.2. The molecule has 1 atom stereocenters. The molecule has 31 heavy (non-hydrogen) atoms. The number of benzene rings is 1. The lowest BCUT2D eigenvalue weighted by atomic mass is 10.0. The van der Waals surface area contributed by atoms with Gasteiger partial charge in [0.1, 0.15) is 0 Å². The minimum atomic E-state index is 0.836. The van der Waals surface area contributed by atoms with Crippen LogP contribution < -0.4 is 4.90 Å². The summed E-state index contributed by atoms with van der Waals surface area (Å²) < 4.78 is 1.91. The first-order valence-corrected chi connectivity index (χ1v) is 11.2. The molecule has 1 saturated carbocycles. The zero-order valence-electron chi connectivity index (χ0n) is 18.5. The molecule has 1 fully saturated rings. The first-order chi connectivity index (χ1) is 15.1. The zero-order valence-corrected chi connectivity index (χ0v) is 18.5. The standard InChI is InChI=1S/C26H29N5/c1-18-5-4-6-19(8-7-18)13-20-15-28-26-24(16-29-31(26)17-20)22-11-12-27-25-10-9-21(30(2)3)14-23(22)25/h9-18H,4-8H2,1-3H3. The Kier molecular flexibility index (Phi) is 5.18. The van der Waals surface area contributed by atoms with Crippen molar-refractivity contribution in [1.82, 2.24) is 19.6 Å². The Hall–Kier alpha value is -3.21. The highest BCUT2D eigenvalue weighted by Crippen LogP contribution is 2.32. The monoisotopic (exact) mass is 411 g/mol. The Labute approximate surface area is 183 Å². The Bertz CT molecular complexity index is 1270. The molecule has 5 heteroatoms. The second-order valence-electron chi connectivity index (χ2n) is 9.01. The van der Waals surface area contributed by atoms with E-state index in [-0.39, 0.29) is 0 Å². The summed E-state index contributed by atoms with van der Waals surface area (Å²) in [5.74, 6) is 0.836. The molecule has 0 aliphatic heterocycles. The van der Waals surface area contributed by atoms with Crippen molar-refractivity contribution < 1.29 is 0 Å². The van der Waals surface area contributed by atoms with Crippen molar-refractivity contribution in [3.63, 3.8) is 0 Å². The van der Waals surface area contributed by atoms with Gasteiger partial charge in [-0.3, -0.25) is 4.98 Å². The predicted molar refractivity (Wildman–Crippen MR) is 128 cm³/mol.